The number of benzene rings is 1. The minimum atomic E-state index is -0.212. The van der Waals surface area contributed by atoms with Crippen molar-refractivity contribution in [1.82, 2.24) is 4.90 Å². The van der Waals surface area contributed by atoms with E-state index in [0.29, 0.717) is 19.6 Å². The Morgan fingerprint density at radius 2 is 1.91 bits per heavy atom. The van der Waals surface area contributed by atoms with Gasteiger partial charge in [0.15, 0.2) is 6.29 Å². The first-order chi connectivity index (χ1) is 11.2. The molecule has 2 saturated heterocycles. The van der Waals surface area contributed by atoms with Crippen molar-refractivity contribution in [3.63, 3.8) is 0 Å². The van der Waals surface area contributed by atoms with E-state index in [-0.39, 0.29) is 18.2 Å². The summed E-state index contributed by atoms with van der Waals surface area (Å²) in [5, 5.41) is 0. The average molecular weight is 317 g/mol. The summed E-state index contributed by atoms with van der Waals surface area (Å²) in [5.74, 6) is 0.251. The fourth-order valence-electron chi connectivity index (χ4n) is 3.49. The van der Waals surface area contributed by atoms with Gasteiger partial charge in [0.25, 0.3) is 0 Å². The van der Waals surface area contributed by atoms with Crippen LogP contribution in [0.4, 0.5) is 0 Å². The van der Waals surface area contributed by atoms with Gasteiger partial charge in [-0.3, -0.25) is 4.79 Å². The smallest absolute Gasteiger partial charge is 0.223 e. The first-order valence-electron chi connectivity index (χ1n) is 8.82. The van der Waals surface area contributed by atoms with Crippen molar-refractivity contribution in [2.24, 2.45) is 0 Å². The Balaban J connectivity index is 1.50. The minimum Gasteiger partial charge on any atom is -0.348 e. The Hall–Kier alpha value is -1.39. The fourth-order valence-corrected chi connectivity index (χ4v) is 3.49. The van der Waals surface area contributed by atoms with Crippen molar-refractivity contribution in [3.8, 4) is 0 Å². The molecule has 3 rings (SSSR count). The molecule has 2 aliphatic rings. The average Bonchev–Trinajstić information content (AvgIpc) is 3.11. The van der Waals surface area contributed by atoms with E-state index in [1.165, 1.54) is 11.1 Å². The van der Waals surface area contributed by atoms with Crippen LogP contribution < -0.4 is 0 Å². The Morgan fingerprint density at radius 1 is 1.17 bits per heavy atom. The number of hydrogen-bond acceptors (Lipinski definition) is 3. The molecule has 23 heavy (non-hydrogen) atoms. The number of amides is 1. The van der Waals surface area contributed by atoms with Crippen LogP contribution in [0, 0.1) is 6.92 Å². The van der Waals surface area contributed by atoms with E-state index in [2.05, 4.69) is 31.2 Å². The molecule has 1 aromatic rings. The maximum Gasteiger partial charge on any atom is 0.223 e. The van der Waals surface area contributed by atoms with Crippen molar-refractivity contribution in [2.75, 3.05) is 19.8 Å². The lowest BCUT2D eigenvalue weighted by atomic mass is 10.00. The second-order valence-corrected chi connectivity index (χ2v) is 6.60. The summed E-state index contributed by atoms with van der Waals surface area (Å²) < 4.78 is 11.3. The van der Waals surface area contributed by atoms with Gasteiger partial charge >= 0.3 is 0 Å². The van der Waals surface area contributed by atoms with E-state index in [9.17, 15) is 4.79 Å². The van der Waals surface area contributed by atoms with Crippen LogP contribution in [0.25, 0.3) is 0 Å². The minimum absolute atomic E-state index is 0.109. The van der Waals surface area contributed by atoms with Gasteiger partial charge in [0, 0.05) is 13.0 Å². The molecule has 2 aliphatic heterocycles. The molecule has 1 unspecified atom stereocenters. The lowest BCUT2D eigenvalue weighted by molar-refractivity contribution is -0.150. The number of likely N-dealkylation sites (tertiary alicyclic amines) is 1. The lowest BCUT2D eigenvalue weighted by Gasteiger charge is -2.38. The van der Waals surface area contributed by atoms with Gasteiger partial charge < -0.3 is 14.4 Å². The Kier molecular flexibility index (Phi) is 5.68. The van der Waals surface area contributed by atoms with Crippen LogP contribution in [0.5, 0.6) is 0 Å². The number of aryl methyl sites for hydroxylation is 2. The predicted molar refractivity (Wildman–Crippen MR) is 89.2 cm³/mol. The highest BCUT2D eigenvalue weighted by molar-refractivity contribution is 5.76. The van der Waals surface area contributed by atoms with E-state index >= 15 is 0 Å². The number of rotatable bonds is 5. The molecule has 4 nitrogen and oxygen atoms in total. The van der Waals surface area contributed by atoms with E-state index < -0.39 is 0 Å². The van der Waals surface area contributed by atoms with Crippen LogP contribution in [0.1, 0.15) is 43.2 Å². The molecule has 0 aromatic heterocycles. The van der Waals surface area contributed by atoms with Crippen LogP contribution in [0.2, 0.25) is 0 Å². The number of carbonyl (C=O) groups excluding carboxylic acids is 1. The summed E-state index contributed by atoms with van der Waals surface area (Å²) >= 11 is 0. The number of nitrogens with zero attached hydrogens (tertiary/aromatic N) is 1. The lowest BCUT2D eigenvalue weighted by Crippen LogP contribution is -2.50. The second kappa shape index (κ2) is 7.93. The summed E-state index contributed by atoms with van der Waals surface area (Å²) in [6, 6.07) is 8.69. The van der Waals surface area contributed by atoms with Gasteiger partial charge in [-0.15, -0.1) is 0 Å². The third-order valence-corrected chi connectivity index (χ3v) is 4.81. The highest BCUT2D eigenvalue weighted by Crippen LogP contribution is 2.25. The van der Waals surface area contributed by atoms with Gasteiger partial charge in [-0.25, -0.2) is 0 Å². The standard InChI is InChI=1S/C19H27NO3/c1-15-8-10-16(11-9-15)5-4-7-18(21)20-12-3-2-6-17(20)19-22-13-14-23-19/h8-11,17,19H,2-7,12-14H2,1H3. The summed E-state index contributed by atoms with van der Waals surface area (Å²) in [6.07, 6.45) is 5.49. The second-order valence-electron chi connectivity index (χ2n) is 6.60. The molecule has 4 heteroatoms. The molecule has 0 spiro atoms. The predicted octanol–water partition coefficient (Wildman–Crippen LogP) is 3.07. The third kappa shape index (κ3) is 4.33. The van der Waals surface area contributed by atoms with Gasteiger partial charge in [0.1, 0.15) is 0 Å². The highest BCUT2D eigenvalue weighted by Gasteiger charge is 2.35. The third-order valence-electron chi connectivity index (χ3n) is 4.81. The summed E-state index contributed by atoms with van der Waals surface area (Å²) in [4.78, 5) is 14.6. The van der Waals surface area contributed by atoms with E-state index in [4.69, 9.17) is 9.47 Å². The summed E-state index contributed by atoms with van der Waals surface area (Å²) in [6.45, 7) is 4.24. The zero-order valence-electron chi connectivity index (χ0n) is 14.0. The topological polar surface area (TPSA) is 38.8 Å². The first kappa shape index (κ1) is 16.5. The molecule has 2 heterocycles. The van der Waals surface area contributed by atoms with Crippen LogP contribution in [-0.4, -0.2) is 42.9 Å². The summed E-state index contributed by atoms with van der Waals surface area (Å²) in [7, 11) is 0. The molecular formula is C19H27NO3. The molecule has 1 atom stereocenters. The molecule has 0 aliphatic carbocycles. The van der Waals surface area contributed by atoms with E-state index in [1.807, 2.05) is 4.90 Å². The largest absolute Gasteiger partial charge is 0.348 e. The monoisotopic (exact) mass is 317 g/mol. The van der Waals surface area contributed by atoms with Crippen molar-refractivity contribution < 1.29 is 14.3 Å². The SMILES string of the molecule is Cc1ccc(CCCC(=O)N2CCCCC2C2OCCO2)cc1. The number of ether oxygens (including phenoxy) is 2. The number of hydrogen-bond donors (Lipinski definition) is 0. The van der Waals surface area contributed by atoms with E-state index in [1.54, 1.807) is 0 Å². The van der Waals surface area contributed by atoms with Crippen molar-refractivity contribution in [2.45, 2.75) is 57.8 Å². The van der Waals surface area contributed by atoms with Gasteiger partial charge in [-0.1, -0.05) is 29.8 Å². The van der Waals surface area contributed by atoms with Crippen molar-refractivity contribution in [1.29, 1.82) is 0 Å². The first-order valence-corrected chi connectivity index (χ1v) is 8.82. The zero-order chi connectivity index (χ0) is 16.1. The van der Waals surface area contributed by atoms with Gasteiger partial charge in [-0.05, 0) is 44.6 Å². The molecular weight excluding hydrogens is 290 g/mol. The maximum absolute atomic E-state index is 12.6. The van der Waals surface area contributed by atoms with Crippen LogP contribution >= 0.6 is 0 Å². The molecule has 0 radical (unpaired) electrons. The fraction of sp³-hybridized carbons (Fsp3) is 0.632. The number of piperidine rings is 1. The van der Waals surface area contributed by atoms with Crippen LogP contribution in [-0.2, 0) is 20.7 Å². The highest BCUT2D eigenvalue weighted by atomic mass is 16.7. The Morgan fingerprint density at radius 3 is 2.65 bits per heavy atom. The quantitative estimate of drug-likeness (QED) is 0.838. The van der Waals surface area contributed by atoms with E-state index in [0.717, 1.165) is 38.6 Å². The maximum atomic E-state index is 12.6. The Labute approximate surface area is 138 Å². The molecule has 0 N–H and O–H groups in total. The zero-order valence-corrected chi connectivity index (χ0v) is 14.0. The Bertz CT molecular complexity index is 508. The molecule has 2 fully saturated rings. The van der Waals surface area contributed by atoms with Crippen LogP contribution in [0.15, 0.2) is 24.3 Å². The van der Waals surface area contributed by atoms with Crippen molar-refractivity contribution >= 4 is 5.91 Å². The molecule has 0 bridgehead atoms. The molecule has 1 aromatic carbocycles. The number of carbonyl (C=O) groups is 1. The summed E-state index contributed by atoms with van der Waals surface area (Å²) in [5.41, 5.74) is 2.58. The van der Waals surface area contributed by atoms with Gasteiger partial charge in [0.2, 0.25) is 5.91 Å². The molecule has 0 saturated carbocycles. The molecule has 1 amide bonds. The van der Waals surface area contributed by atoms with Gasteiger partial charge in [0.05, 0.1) is 19.3 Å². The van der Waals surface area contributed by atoms with Crippen molar-refractivity contribution in [3.05, 3.63) is 35.4 Å². The molecule has 126 valence electrons. The van der Waals surface area contributed by atoms with Crippen LogP contribution in [0.3, 0.4) is 0 Å². The van der Waals surface area contributed by atoms with Gasteiger partial charge in [-0.2, -0.15) is 0 Å². The normalized spacial score (nSPS) is 22.5.